The number of H-pyrrole nitrogens is 1. The molecule has 1 fully saturated rings. The molecule has 6 heteroatoms. The summed E-state index contributed by atoms with van der Waals surface area (Å²) < 4.78 is 0. The summed E-state index contributed by atoms with van der Waals surface area (Å²) in [6.45, 7) is 1.63. The van der Waals surface area contributed by atoms with E-state index in [1.54, 1.807) is 0 Å². The second-order valence-electron chi connectivity index (χ2n) is 6.77. The highest BCUT2D eigenvalue weighted by molar-refractivity contribution is 6.31. The van der Waals surface area contributed by atoms with Crippen LogP contribution in [0.2, 0.25) is 5.02 Å². The van der Waals surface area contributed by atoms with Crippen LogP contribution in [0.25, 0.3) is 11.3 Å². The van der Waals surface area contributed by atoms with Crippen molar-refractivity contribution in [3.05, 3.63) is 71.2 Å². The number of benzene rings is 2. The average molecular weight is 381 g/mol. The molecule has 1 unspecified atom stereocenters. The maximum Gasteiger partial charge on any atom is 0.224 e. The largest absolute Gasteiger partial charge is 0.353 e. The fraction of sp³-hybridized carbons (Fsp3) is 0.238. The smallest absolute Gasteiger partial charge is 0.224 e. The Labute approximate surface area is 163 Å². The van der Waals surface area contributed by atoms with E-state index in [1.807, 2.05) is 42.5 Å². The van der Waals surface area contributed by atoms with Crippen LogP contribution in [0.5, 0.6) is 0 Å². The molecule has 0 saturated carbocycles. The monoisotopic (exact) mass is 380 g/mol. The third-order valence-corrected chi connectivity index (χ3v) is 5.20. The van der Waals surface area contributed by atoms with Crippen LogP contribution in [-0.4, -0.2) is 35.2 Å². The third-order valence-electron chi connectivity index (χ3n) is 4.84. The summed E-state index contributed by atoms with van der Waals surface area (Å²) in [5.41, 5.74) is 2.96. The third kappa shape index (κ3) is 4.14. The molecule has 5 nitrogen and oxygen atoms in total. The number of hydrogen-bond acceptors (Lipinski definition) is 3. The predicted octanol–water partition coefficient (Wildman–Crippen LogP) is 3.67. The number of nitrogens with zero attached hydrogens (tertiary/aromatic N) is 2. The first kappa shape index (κ1) is 17.6. The first-order valence-electron chi connectivity index (χ1n) is 9.07. The summed E-state index contributed by atoms with van der Waals surface area (Å²) >= 11 is 6.14. The topological polar surface area (TPSA) is 61.0 Å². The summed E-state index contributed by atoms with van der Waals surface area (Å²) in [5.74, 6) is 0.915. The Morgan fingerprint density at radius 2 is 1.96 bits per heavy atom. The van der Waals surface area contributed by atoms with E-state index in [1.165, 1.54) is 0 Å². The number of hydrogen-bond donors (Lipinski definition) is 2. The van der Waals surface area contributed by atoms with Crippen LogP contribution in [0.4, 0.5) is 5.82 Å². The molecule has 2 aromatic carbocycles. The minimum Gasteiger partial charge on any atom is -0.353 e. The highest BCUT2D eigenvalue weighted by atomic mass is 35.5. The number of halogens is 1. The van der Waals surface area contributed by atoms with Gasteiger partial charge in [0.15, 0.2) is 5.82 Å². The van der Waals surface area contributed by atoms with E-state index in [9.17, 15) is 4.79 Å². The molecule has 0 aliphatic carbocycles. The summed E-state index contributed by atoms with van der Waals surface area (Å²) in [6, 6.07) is 19.8. The molecule has 1 saturated heterocycles. The number of rotatable bonds is 5. The minimum absolute atomic E-state index is 0.00181. The van der Waals surface area contributed by atoms with Gasteiger partial charge in [0.1, 0.15) is 0 Å². The lowest BCUT2D eigenvalue weighted by Crippen LogP contribution is -2.38. The molecule has 4 rings (SSSR count). The first-order valence-corrected chi connectivity index (χ1v) is 9.45. The number of anilines is 1. The van der Waals surface area contributed by atoms with Crippen LogP contribution >= 0.6 is 11.6 Å². The number of aromatic nitrogens is 2. The van der Waals surface area contributed by atoms with E-state index in [0.29, 0.717) is 11.4 Å². The lowest BCUT2D eigenvalue weighted by molar-refractivity contribution is -0.121. The van der Waals surface area contributed by atoms with Gasteiger partial charge < -0.3 is 10.2 Å². The molecule has 2 heterocycles. The highest BCUT2D eigenvalue weighted by Gasteiger charge is 2.25. The molecule has 3 aromatic rings. The van der Waals surface area contributed by atoms with Crippen molar-refractivity contribution in [2.45, 2.75) is 18.9 Å². The molecular weight excluding hydrogens is 360 g/mol. The van der Waals surface area contributed by atoms with Gasteiger partial charge in [-0.15, -0.1) is 0 Å². The van der Waals surface area contributed by atoms with E-state index >= 15 is 0 Å². The zero-order valence-corrected chi connectivity index (χ0v) is 15.6. The van der Waals surface area contributed by atoms with Gasteiger partial charge in [-0.2, -0.15) is 5.10 Å². The lowest BCUT2D eigenvalue weighted by Gasteiger charge is -2.16. The Morgan fingerprint density at radius 3 is 2.78 bits per heavy atom. The van der Waals surface area contributed by atoms with Crippen LogP contribution in [0.1, 0.15) is 12.0 Å². The molecular formula is C21H21ClN4O. The number of nitrogens with one attached hydrogen (secondary N) is 2. The van der Waals surface area contributed by atoms with Crippen molar-refractivity contribution in [3.63, 3.8) is 0 Å². The zero-order chi connectivity index (χ0) is 18.6. The number of carbonyl (C=O) groups is 1. The van der Waals surface area contributed by atoms with Gasteiger partial charge in [-0.05, 0) is 23.6 Å². The van der Waals surface area contributed by atoms with E-state index in [0.717, 1.165) is 42.1 Å². The number of aromatic amines is 1. The van der Waals surface area contributed by atoms with Gasteiger partial charge in [0.25, 0.3) is 0 Å². The van der Waals surface area contributed by atoms with Gasteiger partial charge in [0, 0.05) is 30.2 Å². The van der Waals surface area contributed by atoms with Crippen LogP contribution < -0.4 is 10.2 Å². The molecule has 27 heavy (non-hydrogen) atoms. The SMILES string of the molecule is O=C(Cc1ccccc1Cl)NC1CCN(c2cc(-c3ccccc3)[nH]n2)C1. The number of amides is 1. The van der Waals surface area contributed by atoms with Crippen LogP contribution in [0.3, 0.4) is 0 Å². The van der Waals surface area contributed by atoms with Gasteiger partial charge >= 0.3 is 0 Å². The Hall–Kier alpha value is -2.79. The van der Waals surface area contributed by atoms with Crippen molar-refractivity contribution in [1.29, 1.82) is 0 Å². The van der Waals surface area contributed by atoms with Gasteiger partial charge in [-0.3, -0.25) is 9.89 Å². The van der Waals surface area contributed by atoms with Crippen molar-refractivity contribution < 1.29 is 4.79 Å². The minimum atomic E-state index is 0.00181. The Bertz CT molecular complexity index is 925. The number of carbonyl (C=O) groups excluding carboxylic acids is 1. The maximum atomic E-state index is 12.3. The van der Waals surface area contributed by atoms with E-state index in [4.69, 9.17) is 11.6 Å². The fourth-order valence-corrected chi connectivity index (χ4v) is 3.62. The van der Waals surface area contributed by atoms with E-state index in [-0.39, 0.29) is 11.9 Å². The molecule has 1 aromatic heterocycles. The van der Waals surface area contributed by atoms with E-state index in [2.05, 4.69) is 38.6 Å². The van der Waals surface area contributed by atoms with Gasteiger partial charge in [0.2, 0.25) is 5.91 Å². The molecule has 0 bridgehead atoms. The quantitative estimate of drug-likeness (QED) is 0.710. The Balaban J connectivity index is 1.34. The van der Waals surface area contributed by atoms with Crippen molar-refractivity contribution in [1.82, 2.24) is 15.5 Å². The van der Waals surface area contributed by atoms with Crippen LogP contribution in [0.15, 0.2) is 60.7 Å². The molecule has 0 spiro atoms. The molecule has 138 valence electrons. The second kappa shape index (κ2) is 7.84. The van der Waals surface area contributed by atoms with Gasteiger partial charge in [-0.25, -0.2) is 0 Å². The van der Waals surface area contributed by atoms with Crippen molar-refractivity contribution in [2.75, 3.05) is 18.0 Å². The van der Waals surface area contributed by atoms with Crippen LogP contribution in [-0.2, 0) is 11.2 Å². The fourth-order valence-electron chi connectivity index (χ4n) is 3.42. The lowest BCUT2D eigenvalue weighted by atomic mass is 10.1. The van der Waals surface area contributed by atoms with Crippen molar-refractivity contribution >= 4 is 23.3 Å². The summed E-state index contributed by atoms with van der Waals surface area (Å²) in [4.78, 5) is 14.5. The van der Waals surface area contributed by atoms with Gasteiger partial charge in [0.05, 0.1) is 12.1 Å². The molecule has 2 N–H and O–H groups in total. The van der Waals surface area contributed by atoms with E-state index < -0.39 is 0 Å². The first-order chi connectivity index (χ1) is 13.2. The zero-order valence-electron chi connectivity index (χ0n) is 14.9. The highest BCUT2D eigenvalue weighted by Crippen LogP contribution is 2.24. The average Bonchev–Trinajstić information content (AvgIpc) is 3.34. The predicted molar refractivity (Wildman–Crippen MR) is 108 cm³/mol. The maximum absolute atomic E-state index is 12.3. The van der Waals surface area contributed by atoms with Crippen LogP contribution in [0, 0.1) is 0 Å². The molecule has 0 radical (unpaired) electrons. The summed E-state index contributed by atoms with van der Waals surface area (Å²) in [6.07, 6.45) is 1.21. The van der Waals surface area contributed by atoms with Crippen molar-refractivity contribution in [3.8, 4) is 11.3 Å². The Morgan fingerprint density at radius 1 is 1.19 bits per heavy atom. The standard InChI is InChI=1S/C21H21ClN4O/c22-18-9-5-4-8-16(18)12-21(27)23-17-10-11-26(14-17)20-13-19(24-25-20)15-6-2-1-3-7-15/h1-9,13,17H,10-12,14H2,(H,23,27)(H,24,25). The Kier molecular flexibility index (Phi) is 5.12. The summed E-state index contributed by atoms with van der Waals surface area (Å²) in [7, 11) is 0. The molecule has 1 aliphatic rings. The van der Waals surface area contributed by atoms with Crippen molar-refractivity contribution in [2.24, 2.45) is 0 Å². The molecule has 1 amide bonds. The summed E-state index contributed by atoms with van der Waals surface area (Å²) in [5, 5.41) is 11.3. The molecule has 1 atom stereocenters. The van der Waals surface area contributed by atoms with Gasteiger partial charge in [-0.1, -0.05) is 60.1 Å². The molecule has 1 aliphatic heterocycles. The second-order valence-corrected chi connectivity index (χ2v) is 7.18. The normalized spacial score (nSPS) is 16.5.